The molecule has 4 aromatic rings. The minimum absolute atomic E-state index is 0.0685. The molecule has 0 bridgehead atoms. The van der Waals surface area contributed by atoms with Crippen molar-refractivity contribution >= 4 is 40.2 Å². The van der Waals surface area contributed by atoms with Crippen LogP contribution in [-0.2, 0) is 23.2 Å². The van der Waals surface area contributed by atoms with Crippen LogP contribution in [0.1, 0.15) is 57.5 Å². The maximum Gasteiger partial charge on any atom is 0.262 e. The number of benzene rings is 2. The third-order valence-corrected chi connectivity index (χ3v) is 10.3. The van der Waals surface area contributed by atoms with Gasteiger partial charge >= 0.3 is 0 Å². The Morgan fingerprint density at radius 3 is 2.25 bits per heavy atom. The number of amides is 4. The summed E-state index contributed by atoms with van der Waals surface area (Å²) in [5, 5.41) is 3.54. The van der Waals surface area contributed by atoms with Crippen molar-refractivity contribution in [3.05, 3.63) is 81.4 Å². The van der Waals surface area contributed by atoms with Crippen molar-refractivity contribution in [2.45, 2.75) is 38.3 Å². The second kappa shape index (κ2) is 14.2. The molecule has 5 heterocycles. The van der Waals surface area contributed by atoms with Gasteiger partial charge in [0.25, 0.3) is 17.4 Å². The van der Waals surface area contributed by atoms with E-state index in [1.54, 1.807) is 50.2 Å². The number of carbonyl (C=O) groups is 4. The lowest BCUT2D eigenvalue weighted by Crippen LogP contribution is -2.54. The first-order valence-corrected chi connectivity index (χ1v) is 17.5. The zero-order valence-electron chi connectivity index (χ0n) is 30.3. The number of nitrogens with one attached hydrogen (secondary N) is 1. The molecule has 3 aliphatic heterocycles. The van der Waals surface area contributed by atoms with E-state index in [-0.39, 0.29) is 35.4 Å². The molecule has 272 valence electrons. The van der Waals surface area contributed by atoms with Crippen LogP contribution in [0.15, 0.2) is 53.6 Å². The molecular formula is C40H40N6O7. The summed E-state index contributed by atoms with van der Waals surface area (Å²) in [5.74, 6) is 6.69. The Balaban J connectivity index is 1.05. The zero-order chi connectivity index (χ0) is 37.6. The van der Waals surface area contributed by atoms with E-state index in [4.69, 9.17) is 9.47 Å². The highest BCUT2D eigenvalue weighted by Gasteiger charge is 2.44. The van der Waals surface area contributed by atoms with Crippen molar-refractivity contribution in [2.75, 3.05) is 46.3 Å². The Morgan fingerprint density at radius 2 is 1.58 bits per heavy atom. The van der Waals surface area contributed by atoms with Gasteiger partial charge < -0.3 is 18.9 Å². The van der Waals surface area contributed by atoms with E-state index in [0.29, 0.717) is 29.0 Å². The van der Waals surface area contributed by atoms with E-state index in [2.05, 4.69) is 27.0 Å². The number of ether oxygens (including phenoxy) is 2. The van der Waals surface area contributed by atoms with Crippen LogP contribution in [0.5, 0.6) is 11.5 Å². The average molecular weight is 717 g/mol. The standard InChI is InChI=1S/C40H40N6O7/c1-43(2)35-19-27-29(20-41-35)38(49)44(3)21-30(27)25-17-33(52-4)31(34(18-25)53-5)22-45-14-12-23(13-15-45)6-7-24-8-9-26-28(16-24)40(51)46(39(26)50)32-10-11-36(47)42-37(32)48/h8-9,16-21,23,32H,10-15,22H2,1-5H3,(H,42,47,48). The molecule has 53 heavy (non-hydrogen) atoms. The van der Waals surface area contributed by atoms with Crippen LogP contribution < -0.4 is 25.2 Å². The number of rotatable bonds is 7. The van der Waals surface area contributed by atoms with E-state index in [1.807, 2.05) is 43.4 Å². The zero-order valence-corrected chi connectivity index (χ0v) is 30.3. The maximum absolute atomic E-state index is 13.2. The number of fused-ring (bicyclic) bond motifs is 2. The smallest absolute Gasteiger partial charge is 0.262 e. The summed E-state index contributed by atoms with van der Waals surface area (Å²) < 4.78 is 13.4. The SMILES string of the molecule is COc1cc(-c2cn(C)c(=O)c3cnc(N(C)C)cc23)cc(OC)c1CN1CCC(C#Cc2ccc3c(c2)C(=O)N(C2CCC(=O)NC2=O)C3=O)CC1. The molecule has 0 aliphatic carbocycles. The molecule has 2 fully saturated rings. The molecule has 2 saturated heterocycles. The monoisotopic (exact) mass is 716 g/mol. The van der Waals surface area contributed by atoms with Crippen LogP contribution in [0.2, 0.25) is 0 Å². The van der Waals surface area contributed by atoms with Gasteiger partial charge in [0.05, 0.1) is 36.3 Å². The van der Waals surface area contributed by atoms with Gasteiger partial charge in [-0.1, -0.05) is 11.8 Å². The van der Waals surface area contributed by atoms with Crippen LogP contribution >= 0.6 is 0 Å². The van der Waals surface area contributed by atoms with Gasteiger partial charge in [0.1, 0.15) is 23.4 Å². The van der Waals surface area contributed by atoms with Crippen molar-refractivity contribution in [3.63, 3.8) is 0 Å². The van der Waals surface area contributed by atoms with Gasteiger partial charge in [-0.15, -0.1) is 0 Å². The maximum atomic E-state index is 13.2. The molecule has 1 unspecified atom stereocenters. The minimum atomic E-state index is -1.01. The second-order valence-corrected chi connectivity index (χ2v) is 13.8. The number of pyridine rings is 2. The van der Waals surface area contributed by atoms with E-state index in [0.717, 1.165) is 58.7 Å². The number of methoxy groups -OCH3 is 2. The summed E-state index contributed by atoms with van der Waals surface area (Å²) >= 11 is 0. The number of piperidine rings is 2. The molecule has 0 saturated carbocycles. The molecular weight excluding hydrogens is 676 g/mol. The summed E-state index contributed by atoms with van der Waals surface area (Å²) in [4.78, 5) is 72.9. The van der Waals surface area contributed by atoms with E-state index in [1.165, 1.54) is 0 Å². The summed E-state index contributed by atoms with van der Waals surface area (Å²) in [6.45, 7) is 2.22. The highest BCUT2D eigenvalue weighted by molar-refractivity contribution is 6.23. The third-order valence-electron chi connectivity index (χ3n) is 10.3. The van der Waals surface area contributed by atoms with Crippen LogP contribution in [0.25, 0.3) is 21.9 Å². The Bertz CT molecular complexity index is 2290. The Kier molecular flexibility index (Phi) is 9.48. The van der Waals surface area contributed by atoms with E-state index < -0.39 is 29.7 Å². The van der Waals surface area contributed by atoms with Gasteiger partial charge in [0.2, 0.25) is 11.8 Å². The average Bonchev–Trinajstić information content (AvgIpc) is 3.40. The van der Waals surface area contributed by atoms with Gasteiger partial charge in [-0.2, -0.15) is 0 Å². The fraction of sp³-hybridized carbons (Fsp3) is 0.350. The highest BCUT2D eigenvalue weighted by Crippen LogP contribution is 2.39. The molecule has 0 radical (unpaired) electrons. The molecule has 0 spiro atoms. The number of nitrogens with zero attached hydrogens (tertiary/aromatic N) is 5. The van der Waals surface area contributed by atoms with Gasteiger partial charge in [-0.05, 0) is 74.3 Å². The summed E-state index contributed by atoms with van der Waals surface area (Å²) in [5.41, 5.74) is 3.59. The van der Waals surface area contributed by atoms with Crippen molar-refractivity contribution in [1.82, 2.24) is 24.7 Å². The lowest BCUT2D eigenvalue weighted by Gasteiger charge is -2.30. The third kappa shape index (κ3) is 6.62. The van der Waals surface area contributed by atoms with Crippen LogP contribution in [-0.4, -0.2) is 90.4 Å². The number of likely N-dealkylation sites (tertiary alicyclic amines) is 1. The predicted octanol–water partition coefficient (Wildman–Crippen LogP) is 3.35. The van der Waals surface area contributed by atoms with Gasteiger partial charge in [-0.25, -0.2) is 4.98 Å². The van der Waals surface area contributed by atoms with E-state index >= 15 is 0 Å². The number of aromatic nitrogens is 2. The van der Waals surface area contributed by atoms with Gasteiger partial charge in [-0.3, -0.25) is 39.1 Å². The fourth-order valence-electron chi connectivity index (χ4n) is 7.31. The molecule has 4 amide bonds. The Morgan fingerprint density at radius 1 is 0.887 bits per heavy atom. The number of anilines is 1. The van der Waals surface area contributed by atoms with Gasteiger partial charge in [0, 0.05) is 68.9 Å². The summed E-state index contributed by atoms with van der Waals surface area (Å²) in [7, 11) is 8.84. The Labute approximate surface area is 306 Å². The van der Waals surface area contributed by atoms with E-state index in [9.17, 15) is 24.0 Å². The highest BCUT2D eigenvalue weighted by atomic mass is 16.5. The molecule has 13 heteroatoms. The molecule has 1 N–H and O–H groups in total. The van der Waals surface area contributed by atoms with Gasteiger partial charge in [0.15, 0.2) is 0 Å². The summed E-state index contributed by atoms with van der Waals surface area (Å²) in [6.07, 6.45) is 5.32. The molecule has 1 atom stereocenters. The van der Waals surface area contributed by atoms with Crippen molar-refractivity contribution in [3.8, 4) is 34.5 Å². The van der Waals surface area contributed by atoms with Crippen LogP contribution in [0.4, 0.5) is 5.82 Å². The number of hydrogen-bond acceptors (Lipinski definition) is 10. The quantitative estimate of drug-likeness (QED) is 0.224. The molecule has 3 aliphatic rings. The largest absolute Gasteiger partial charge is 0.496 e. The molecule has 2 aromatic carbocycles. The first-order chi connectivity index (χ1) is 25.5. The van der Waals surface area contributed by atoms with Crippen molar-refractivity contribution in [2.24, 2.45) is 13.0 Å². The second-order valence-electron chi connectivity index (χ2n) is 13.8. The van der Waals surface area contributed by atoms with Crippen molar-refractivity contribution < 1.29 is 28.7 Å². The van der Waals surface area contributed by atoms with Crippen LogP contribution in [0.3, 0.4) is 0 Å². The topological polar surface area (TPSA) is 143 Å². The van der Waals surface area contributed by atoms with Crippen molar-refractivity contribution in [1.29, 1.82) is 0 Å². The Hall–Kier alpha value is -6.00. The summed E-state index contributed by atoms with van der Waals surface area (Å²) in [6, 6.07) is 9.82. The number of imide groups is 2. The fourth-order valence-corrected chi connectivity index (χ4v) is 7.31. The number of aryl methyl sites for hydroxylation is 1. The minimum Gasteiger partial charge on any atom is -0.496 e. The lowest BCUT2D eigenvalue weighted by atomic mass is 9.95. The molecule has 2 aromatic heterocycles. The molecule has 7 rings (SSSR count). The normalized spacial score (nSPS) is 17.8. The predicted molar refractivity (Wildman–Crippen MR) is 198 cm³/mol. The lowest BCUT2D eigenvalue weighted by molar-refractivity contribution is -0.136. The first kappa shape index (κ1) is 35.4. The number of carbonyl (C=O) groups excluding carboxylic acids is 4. The number of hydrogen-bond donors (Lipinski definition) is 1. The first-order valence-electron chi connectivity index (χ1n) is 17.5. The molecule has 13 nitrogen and oxygen atoms in total. The van der Waals surface area contributed by atoms with Crippen LogP contribution in [0, 0.1) is 17.8 Å².